The maximum atomic E-state index is 12.7. The number of amides is 1. The third kappa shape index (κ3) is 5.11. The highest BCUT2D eigenvalue weighted by molar-refractivity contribution is 7.92. The van der Waals surface area contributed by atoms with E-state index < -0.39 is 15.4 Å². The van der Waals surface area contributed by atoms with Crippen LogP contribution >= 0.6 is 0 Å². The Bertz CT molecular complexity index is 1230. The van der Waals surface area contributed by atoms with Crippen molar-refractivity contribution in [2.75, 3.05) is 0 Å². The molecule has 3 fully saturated rings. The molecular weight excluding hydrogens is 484 g/mol. The normalized spacial score (nSPS) is 23.9. The van der Waals surface area contributed by atoms with Gasteiger partial charge in [0.25, 0.3) is 0 Å². The van der Waals surface area contributed by atoms with Gasteiger partial charge in [0.2, 0.25) is 11.8 Å². The second-order valence-corrected chi connectivity index (χ2v) is 12.9. The van der Waals surface area contributed by atoms with E-state index in [2.05, 4.69) is 15.0 Å². The summed E-state index contributed by atoms with van der Waals surface area (Å²) >= 11 is 0. The minimum Gasteiger partial charge on any atom is -0.474 e. The van der Waals surface area contributed by atoms with Gasteiger partial charge in [0.15, 0.2) is 14.9 Å². The number of hydrogen-bond donors (Lipinski definition) is 0. The number of ether oxygens (including phenoxy) is 3. The Morgan fingerprint density at radius 1 is 1.00 bits per heavy atom. The van der Waals surface area contributed by atoms with Crippen molar-refractivity contribution in [3.63, 3.8) is 0 Å². The van der Waals surface area contributed by atoms with Crippen molar-refractivity contribution in [2.24, 2.45) is 0 Å². The highest BCUT2D eigenvalue weighted by atomic mass is 32.2. The molecule has 194 valence electrons. The molecule has 2 bridgehead atoms. The van der Waals surface area contributed by atoms with Gasteiger partial charge in [-0.2, -0.15) is 0 Å². The highest BCUT2D eigenvalue weighted by Crippen LogP contribution is 2.39. The number of piperidine rings is 1. The molecular formula is C25H32N4O6S. The standard InChI is InChI=1S/C25H32N4O6S/c1-15-22(33-18-7-10-21(26-13-18)36(31,32)20-8-9-20)27-14-28-23(15)34-19-11-16-5-6-17(12-19)29(16)24(30)35-25(2,3)4/h7,10,13-14,16-17,19-20H,5-6,8-9,11-12H2,1-4H3. The fraction of sp³-hybridized carbons (Fsp3) is 0.600. The van der Waals surface area contributed by atoms with E-state index in [9.17, 15) is 13.2 Å². The summed E-state index contributed by atoms with van der Waals surface area (Å²) in [7, 11) is -3.35. The lowest BCUT2D eigenvalue weighted by Crippen LogP contribution is -2.50. The number of fused-ring (bicyclic) bond motifs is 2. The van der Waals surface area contributed by atoms with E-state index in [0.29, 0.717) is 48.8 Å². The Morgan fingerprint density at radius 3 is 2.25 bits per heavy atom. The van der Waals surface area contributed by atoms with Gasteiger partial charge in [0, 0.05) is 24.9 Å². The van der Waals surface area contributed by atoms with Crippen LogP contribution in [0.4, 0.5) is 4.79 Å². The number of aromatic nitrogens is 3. The fourth-order valence-corrected chi connectivity index (χ4v) is 6.45. The van der Waals surface area contributed by atoms with Crippen LogP contribution in [0.5, 0.6) is 17.5 Å². The summed E-state index contributed by atoms with van der Waals surface area (Å²) in [6, 6.07) is 3.20. The average molecular weight is 517 g/mol. The Labute approximate surface area is 211 Å². The minimum atomic E-state index is -3.35. The highest BCUT2D eigenvalue weighted by Gasteiger charge is 2.46. The van der Waals surface area contributed by atoms with E-state index in [1.54, 1.807) is 6.07 Å². The number of nitrogens with zero attached hydrogens (tertiary/aromatic N) is 4. The molecule has 11 heteroatoms. The third-order valence-electron chi connectivity index (χ3n) is 6.74. The van der Waals surface area contributed by atoms with E-state index in [1.807, 2.05) is 32.6 Å². The molecule has 1 aliphatic carbocycles. The molecule has 5 rings (SSSR count). The van der Waals surface area contributed by atoms with Crippen molar-refractivity contribution >= 4 is 15.9 Å². The summed E-state index contributed by atoms with van der Waals surface area (Å²) in [6.45, 7) is 7.44. The molecule has 4 heterocycles. The maximum Gasteiger partial charge on any atom is 0.410 e. The summed E-state index contributed by atoms with van der Waals surface area (Å²) in [6.07, 6.45) is 7.07. The van der Waals surface area contributed by atoms with Gasteiger partial charge in [-0.05, 0) is 65.5 Å². The number of sulfone groups is 1. The van der Waals surface area contributed by atoms with Crippen molar-refractivity contribution < 1.29 is 27.4 Å². The number of pyridine rings is 1. The Morgan fingerprint density at radius 2 is 1.67 bits per heavy atom. The molecule has 0 radical (unpaired) electrons. The van der Waals surface area contributed by atoms with Crippen molar-refractivity contribution in [1.82, 2.24) is 19.9 Å². The molecule has 0 N–H and O–H groups in total. The van der Waals surface area contributed by atoms with Crippen LogP contribution in [-0.4, -0.2) is 63.4 Å². The van der Waals surface area contributed by atoms with Gasteiger partial charge in [-0.15, -0.1) is 0 Å². The van der Waals surface area contributed by atoms with Crippen LogP contribution < -0.4 is 9.47 Å². The molecule has 0 spiro atoms. The average Bonchev–Trinajstić information content (AvgIpc) is 3.62. The predicted octanol–water partition coefficient (Wildman–Crippen LogP) is 4.22. The molecule has 2 atom stereocenters. The zero-order valence-corrected chi connectivity index (χ0v) is 21.8. The first-order valence-corrected chi connectivity index (χ1v) is 13.9. The summed E-state index contributed by atoms with van der Waals surface area (Å²) < 4.78 is 42.5. The molecule has 2 unspecified atom stereocenters. The lowest BCUT2D eigenvalue weighted by atomic mass is 10.00. The van der Waals surface area contributed by atoms with Gasteiger partial charge in [-0.25, -0.2) is 28.2 Å². The second-order valence-electron chi connectivity index (χ2n) is 10.8. The van der Waals surface area contributed by atoms with Gasteiger partial charge in [-0.3, -0.25) is 0 Å². The van der Waals surface area contributed by atoms with Crippen molar-refractivity contribution in [3.8, 4) is 17.5 Å². The number of rotatable bonds is 6. The van der Waals surface area contributed by atoms with Crippen LogP contribution in [-0.2, 0) is 14.6 Å². The topological polar surface area (TPSA) is 121 Å². The van der Waals surface area contributed by atoms with Gasteiger partial charge in [-0.1, -0.05) is 0 Å². The van der Waals surface area contributed by atoms with E-state index in [0.717, 1.165) is 12.8 Å². The van der Waals surface area contributed by atoms with Gasteiger partial charge < -0.3 is 19.1 Å². The molecule has 0 aromatic carbocycles. The summed E-state index contributed by atoms with van der Waals surface area (Å²) in [5, 5.41) is -0.250. The first kappa shape index (κ1) is 24.7. The Hall–Kier alpha value is -2.95. The van der Waals surface area contributed by atoms with Crippen LogP contribution in [0.2, 0.25) is 0 Å². The first-order chi connectivity index (χ1) is 17.0. The molecule has 2 aliphatic heterocycles. The van der Waals surface area contributed by atoms with E-state index in [-0.39, 0.29) is 34.6 Å². The molecule has 2 aromatic rings. The van der Waals surface area contributed by atoms with Crippen LogP contribution in [0.1, 0.15) is 64.9 Å². The smallest absolute Gasteiger partial charge is 0.410 e. The Balaban J connectivity index is 1.24. The van der Waals surface area contributed by atoms with Crippen LogP contribution in [0.15, 0.2) is 29.7 Å². The number of carbonyl (C=O) groups is 1. The van der Waals surface area contributed by atoms with Crippen LogP contribution in [0.3, 0.4) is 0 Å². The van der Waals surface area contributed by atoms with E-state index >= 15 is 0 Å². The van der Waals surface area contributed by atoms with E-state index in [4.69, 9.17) is 14.2 Å². The molecule has 2 saturated heterocycles. The van der Waals surface area contributed by atoms with Gasteiger partial charge in [0.1, 0.15) is 23.8 Å². The quantitative estimate of drug-likeness (QED) is 0.555. The van der Waals surface area contributed by atoms with Crippen molar-refractivity contribution in [3.05, 3.63) is 30.2 Å². The minimum absolute atomic E-state index is 0.0631. The molecule has 2 aromatic heterocycles. The summed E-state index contributed by atoms with van der Waals surface area (Å²) in [4.78, 5) is 27.2. The lowest BCUT2D eigenvalue weighted by molar-refractivity contribution is -0.00773. The first-order valence-electron chi connectivity index (χ1n) is 12.4. The third-order valence-corrected chi connectivity index (χ3v) is 8.92. The Kier molecular flexibility index (Phi) is 6.30. The maximum absolute atomic E-state index is 12.7. The zero-order chi connectivity index (χ0) is 25.7. The van der Waals surface area contributed by atoms with Gasteiger partial charge in [0.05, 0.1) is 17.0 Å². The molecule has 3 aliphatic rings. The largest absolute Gasteiger partial charge is 0.474 e. The molecule has 1 saturated carbocycles. The monoisotopic (exact) mass is 516 g/mol. The predicted molar refractivity (Wildman–Crippen MR) is 130 cm³/mol. The lowest BCUT2D eigenvalue weighted by Gasteiger charge is -2.39. The number of carbonyl (C=O) groups excluding carboxylic acids is 1. The zero-order valence-electron chi connectivity index (χ0n) is 21.0. The van der Waals surface area contributed by atoms with Crippen molar-refractivity contribution in [2.45, 2.75) is 100 Å². The van der Waals surface area contributed by atoms with Gasteiger partial charge >= 0.3 is 6.09 Å². The molecule has 1 amide bonds. The molecule has 36 heavy (non-hydrogen) atoms. The summed E-state index contributed by atoms with van der Waals surface area (Å²) in [5.74, 6) is 1.12. The SMILES string of the molecule is Cc1c(Oc2ccc(S(=O)(=O)C3CC3)nc2)ncnc1OC1CC2CCC(C1)N2C(=O)OC(C)(C)C. The van der Waals surface area contributed by atoms with Crippen LogP contribution in [0.25, 0.3) is 0 Å². The van der Waals surface area contributed by atoms with Crippen molar-refractivity contribution in [1.29, 1.82) is 0 Å². The summed E-state index contributed by atoms with van der Waals surface area (Å²) in [5.41, 5.74) is 0.105. The second kappa shape index (κ2) is 9.17. The van der Waals surface area contributed by atoms with Crippen LogP contribution in [0, 0.1) is 6.92 Å². The molecule has 10 nitrogen and oxygen atoms in total. The fourth-order valence-electron chi connectivity index (χ4n) is 4.89. The number of hydrogen-bond acceptors (Lipinski definition) is 9. The van der Waals surface area contributed by atoms with E-state index in [1.165, 1.54) is 18.6 Å².